The Kier molecular flexibility index (Phi) is 3.46. The average Bonchev–Trinajstić information content (AvgIpc) is 2.15. The van der Waals surface area contributed by atoms with Gasteiger partial charge in [-0.15, -0.1) is 11.6 Å². The van der Waals surface area contributed by atoms with Crippen LogP contribution in [-0.4, -0.2) is 12.1 Å². The third kappa shape index (κ3) is 2.04. The van der Waals surface area contributed by atoms with Crippen molar-refractivity contribution in [2.24, 2.45) is 0 Å². The fraction of sp³-hybridized carbons (Fsp3) is 0.375. The van der Waals surface area contributed by atoms with Gasteiger partial charge in [-0.05, 0) is 5.56 Å². The lowest BCUT2D eigenvalue weighted by Crippen LogP contribution is -2.04. The summed E-state index contributed by atoms with van der Waals surface area (Å²) in [5, 5.41) is 0. The highest BCUT2D eigenvalue weighted by Crippen LogP contribution is 2.30. The van der Waals surface area contributed by atoms with Gasteiger partial charge in [0.15, 0.2) is 0 Å². The molecule has 14 heavy (non-hydrogen) atoms. The number of ether oxygens (including phenoxy) is 1. The van der Waals surface area contributed by atoms with E-state index in [9.17, 15) is 8.78 Å². The van der Waals surface area contributed by atoms with Gasteiger partial charge in [-0.1, -0.05) is 0 Å². The summed E-state index contributed by atoms with van der Waals surface area (Å²) in [6.07, 6.45) is -2.68. The Bertz CT molecular complexity index is 333. The topological polar surface area (TPSA) is 48.1 Å². The number of hydrogen-bond donors (Lipinski definition) is 1. The van der Waals surface area contributed by atoms with Crippen LogP contribution in [0.25, 0.3) is 0 Å². The summed E-state index contributed by atoms with van der Waals surface area (Å²) < 4.78 is 29.8. The highest BCUT2D eigenvalue weighted by molar-refractivity contribution is 6.17. The number of aromatic nitrogens is 1. The van der Waals surface area contributed by atoms with Crippen LogP contribution in [-0.2, 0) is 5.88 Å². The van der Waals surface area contributed by atoms with E-state index in [-0.39, 0.29) is 28.7 Å². The molecule has 6 heteroatoms. The summed E-state index contributed by atoms with van der Waals surface area (Å²) in [6, 6.07) is 1.35. The fourth-order valence-corrected chi connectivity index (χ4v) is 1.29. The van der Waals surface area contributed by atoms with Crippen LogP contribution in [0.5, 0.6) is 5.88 Å². The molecular weight excluding hydrogens is 214 g/mol. The van der Waals surface area contributed by atoms with E-state index in [1.54, 1.807) is 0 Å². The molecule has 3 nitrogen and oxygen atoms in total. The number of nitrogens with two attached hydrogens (primary N) is 1. The van der Waals surface area contributed by atoms with Crippen LogP contribution in [0.2, 0.25) is 0 Å². The van der Waals surface area contributed by atoms with Crippen LogP contribution in [0.4, 0.5) is 14.6 Å². The Morgan fingerprint density at radius 1 is 1.64 bits per heavy atom. The Morgan fingerprint density at radius 2 is 2.29 bits per heavy atom. The van der Waals surface area contributed by atoms with Crippen molar-refractivity contribution in [2.45, 2.75) is 12.3 Å². The molecule has 0 saturated carbocycles. The molecule has 0 atom stereocenters. The maximum atomic E-state index is 12.5. The van der Waals surface area contributed by atoms with Gasteiger partial charge in [0.1, 0.15) is 5.82 Å². The maximum Gasteiger partial charge on any atom is 0.267 e. The molecule has 1 rings (SSSR count). The molecule has 0 aliphatic rings. The van der Waals surface area contributed by atoms with Gasteiger partial charge in [-0.25, -0.2) is 8.78 Å². The Hall–Kier alpha value is -1.10. The third-order valence-electron chi connectivity index (χ3n) is 1.72. The van der Waals surface area contributed by atoms with Crippen molar-refractivity contribution >= 4 is 17.4 Å². The first kappa shape index (κ1) is 11.0. The summed E-state index contributed by atoms with van der Waals surface area (Å²) in [6.45, 7) is 0. The van der Waals surface area contributed by atoms with Crippen LogP contribution < -0.4 is 10.5 Å². The predicted molar refractivity (Wildman–Crippen MR) is 49.7 cm³/mol. The van der Waals surface area contributed by atoms with Crippen molar-refractivity contribution in [1.82, 2.24) is 4.98 Å². The first-order valence-corrected chi connectivity index (χ1v) is 4.31. The van der Waals surface area contributed by atoms with Crippen molar-refractivity contribution in [2.75, 3.05) is 12.8 Å². The Balaban J connectivity index is 3.27. The molecular formula is C8H9ClF2N2O. The Morgan fingerprint density at radius 3 is 2.71 bits per heavy atom. The summed E-state index contributed by atoms with van der Waals surface area (Å²) in [4.78, 5) is 3.64. The van der Waals surface area contributed by atoms with Crippen LogP contribution in [0.1, 0.15) is 17.6 Å². The van der Waals surface area contributed by atoms with E-state index in [0.717, 1.165) is 0 Å². The maximum absolute atomic E-state index is 12.5. The SMILES string of the molecule is COc1cc(CCl)c(C(F)F)c(N)n1. The van der Waals surface area contributed by atoms with Gasteiger partial charge in [0.25, 0.3) is 6.43 Å². The van der Waals surface area contributed by atoms with Gasteiger partial charge in [0.05, 0.1) is 12.7 Å². The molecule has 0 spiro atoms. The van der Waals surface area contributed by atoms with Crippen LogP contribution in [0, 0.1) is 0 Å². The molecule has 0 aliphatic heterocycles. The standard InChI is InChI=1S/C8H9ClF2N2O/c1-14-5-2-4(3-9)6(7(10)11)8(12)13-5/h2,7H,3H2,1H3,(H2,12,13). The van der Waals surface area contributed by atoms with Gasteiger partial charge in [0.2, 0.25) is 5.88 Å². The highest BCUT2D eigenvalue weighted by Gasteiger charge is 2.18. The molecule has 0 bridgehead atoms. The zero-order valence-corrected chi connectivity index (χ0v) is 8.18. The van der Waals surface area contributed by atoms with E-state index >= 15 is 0 Å². The molecule has 0 radical (unpaired) electrons. The van der Waals surface area contributed by atoms with E-state index < -0.39 is 6.43 Å². The second-order valence-corrected chi connectivity index (χ2v) is 2.82. The molecule has 1 aromatic rings. The molecule has 0 fully saturated rings. The van der Waals surface area contributed by atoms with Crippen LogP contribution in [0.15, 0.2) is 6.07 Å². The van der Waals surface area contributed by atoms with E-state index in [2.05, 4.69) is 4.98 Å². The number of nitrogen functional groups attached to an aromatic ring is 1. The van der Waals surface area contributed by atoms with Gasteiger partial charge in [0, 0.05) is 11.9 Å². The first-order chi connectivity index (χ1) is 6.60. The van der Waals surface area contributed by atoms with Crippen LogP contribution >= 0.6 is 11.6 Å². The Labute approximate surface area is 84.8 Å². The van der Waals surface area contributed by atoms with E-state index in [1.165, 1.54) is 13.2 Å². The van der Waals surface area contributed by atoms with E-state index in [1.807, 2.05) is 0 Å². The molecule has 2 N–H and O–H groups in total. The molecule has 0 unspecified atom stereocenters. The summed E-state index contributed by atoms with van der Waals surface area (Å²) in [5.74, 6) is -0.111. The summed E-state index contributed by atoms with van der Waals surface area (Å²) >= 11 is 5.50. The number of hydrogen-bond acceptors (Lipinski definition) is 3. The third-order valence-corrected chi connectivity index (χ3v) is 2.01. The fourth-order valence-electron chi connectivity index (χ4n) is 1.07. The molecule has 1 heterocycles. The zero-order valence-electron chi connectivity index (χ0n) is 7.43. The molecule has 0 saturated heterocycles. The van der Waals surface area contributed by atoms with Crippen molar-refractivity contribution in [3.05, 3.63) is 17.2 Å². The lowest BCUT2D eigenvalue weighted by Gasteiger charge is -2.10. The van der Waals surface area contributed by atoms with Gasteiger partial charge in [-0.2, -0.15) is 4.98 Å². The largest absolute Gasteiger partial charge is 0.481 e. The lowest BCUT2D eigenvalue weighted by molar-refractivity contribution is 0.151. The van der Waals surface area contributed by atoms with E-state index in [0.29, 0.717) is 0 Å². The first-order valence-electron chi connectivity index (χ1n) is 3.77. The van der Waals surface area contributed by atoms with Crippen molar-refractivity contribution in [3.63, 3.8) is 0 Å². The normalized spacial score (nSPS) is 10.6. The highest BCUT2D eigenvalue weighted by atomic mass is 35.5. The number of nitrogens with zero attached hydrogens (tertiary/aromatic N) is 1. The molecule has 0 aliphatic carbocycles. The van der Waals surface area contributed by atoms with Gasteiger partial charge in [-0.3, -0.25) is 0 Å². The van der Waals surface area contributed by atoms with Crippen molar-refractivity contribution in [3.8, 4) is 5.88 Å². The number of methoxy groups -OCH3 is 1. The number of rotatable bonds is 3. The number of anilines is 1. The van der Waals surface area contributed by atoms with E-state index in [4.69, 9.17) is 22.1 Å². The molecule has 0 amide bonds. The zero-order chi connectivity index (χ0) is 10.7. The second kappa shape index (κ2) is 4.41. The average molecular weight is 223 g/mol. The van der Waals surface area contributed by atoms with Gasteiger partial charge < -0.3 is 10.5 Å². The summed E-state index contributed by atoms with van der Waals surface area (Å²) in [5.41, 5.74) is 5.27. The second-order valence-electron chi connectivity index (χ2n) is 2.56. The molecule has 78 valence electrons. The predicted octanol–water partition coefficient (Wildman–Crippen LogP) is 2.35. The number of halogens is 3. The smallest absolute Gasteiger partial charge is 0.267 e. The number of pyridine rings is 1. The van der Waals surface area contributed by atoms with Gasteiger partial charge >= 0.3 is 0 Å². The quantitative estimate of drug-likeness (QED) is 0.799. The monoisotopic (exact) mass is 222 g/mol. The minimum atomic E-state index is -2.68. The summed E-state index contributed by atoms with van der Waals surface area (Å²) in [7, 11) is 1.38. The minimum absolute atomic E-state index is 0.0528. The number of alkyl halides is 3. The minimum Gasteiger partial charge on any atom is -0.481 e. The van der Waals surface area contributed by atoms with Crippen LogP contribution in [0.3, 0.4) is 0 Å². The molecule has 1 aromatic heterocycles. The molecule has 0 aromatic carbocycles. The lowest BCUT2D eigenvalue weighted by atomic mass is 10.1. The van der Waals surface area contributed by atoms with Crippen molar-refractivity contribution in [1.29, 1.82) is 0 Å². The van der Waals surface area contributed by atoms with Crippen molar-refractivity contribution < 1.29 is 13.5 Å².